The monoisotopic (exact) mass is 283 g/mol. The van der Waals surface area contributed by atoms with Gasteiger partial charge in [-0.05, 0) is 37.8 Å². The number of rotatable bonds is 6. The molecule has 1 saturated carbocycles. The van der Waals surface area contributed by atoms with Crippen molar-refractivity contribution in [1.82, 2.24) is 15.0 Å². The molecule has 0 bridgehead atoms. The highest BCUT2D eigenvalue weighted by molar-refractivity contribution is 5.49. The Hall–Kier alpha value is -2.17. The molecule has 0 aromatic carbocycles. The smallest absolute Gasteiger partial charge is 0.134 e. The van der Waals surface area contributed by atoms with Crippen LogP contribution in [0.25, 0.3) is 0 Å². The summed E-state index contributed by atoms with van der Waals surface area (Å²) >= 11 is 0. The summed E-state index contributed by atoms with van der Waals surface area (Å²) < 4.78 is 0. The van der Waals surface area contributed by atoms with Gasteiger partial charge in [0, 0.05) is 25.9 Å². The van der Waals surface area contributed by atoms with Gasteiger partial charge in [-0.1, -0.05) is 6.07 Å². The van der Waals surface area contributed by atoms with Gasteiger partial charge in [0.2, 0.25) is 0 Å². The Kier molecular flexibility index (Phi) is 3.99. The van der Waals surface area contributed by atoms with E-state index in [4.69, 9.17) is 0 Å². The largest absolute Gasteiger partial charge is 0.370 e. The third kappa shape index (κ3) is 3.48. The van der Waals surface area contributed by atoms with Crippen LogP contribution in [0.3, 0.4) is 0 Å². The Morgan fingerprint density at radius 3 is 2.86 bits per heavy atom. The molecule has 3 rings (SSSR count). The minimum atomic E-state index is 0.164. The van der Waals surface area contributed by atoms with Crippen molar-refractivity contribution in [3.05, 3.63) is 42.5 Å². The van der Waals surface area contributed by atoms with Crippen LogP contribution in [0.5, 0.6) is 0 Å². The number of hydrogen-bond acceptors (Lipinski definition) is 5. The third-order valence-electron chi connectivity index (χ3n) is 3.98. The van der Waals surface area contributed by atoms with Gasteiger partial charge < -0.3 is 10.2 Å². The molecule has 1 aliphatic carbocycles. The molecule has 0 spiro atoms. The lowest BCUT2D eigenvalue weighted by Gasteiger charge is -2.25. The van der Waals surface area contributed by atoms with Crippen molar-refractivity contribution in [3.63, 3.8) is 0 Å². The summed E-state index contributed by atoms with van der Waals surface area (Å²) in [5, 5.41) is 3.39. The molecule has 1 N–H and O–H groups in total. The van der Waals surface area contributed by atoms with E-state index >= 15 is 0 Å². The zero-order valence-corrected chi connectivity index (χ0v) is 12.5. The lowest BCUT2D eigenvalue weighted by Crippen LogP contribution is -2.23. The van der Waals surface area contributed by atoms with E-state index in [2.05, 4.69) is 32.1 Å². The number of nitrogens with one attached hydrogen (secondary N) is 1. The van der Waals surface area contributed by atoms with Crippen molar-refractivity contribution in [2.24, 2.45) is 5.92 Å². The number of hydrogen-bond donors (Lipinski definition) is 1. The summed E-state index contributed by atoms with van der Waals surface area (Å²) in [6, 6.07) is 8.14. The summed E-state index contributed by atoms with van der Waals surface area (Å²) in [6.45, 7) is 3.14. The van der Waals surface area contributed by atoms with Gasteiger partial charge in [-0.15, -0.1) is 0 Å². The molecule has 2 aromatic rings. The zero-order chi connectivity index (χ0) is 14.7. The van der Waals surface area contributed by atoms with Crippen molar-refractivity contribution in [2.45, 2.75) is 25.8 Å². The Balaban J connectivity index is 1.71. The van der Waals surface area contributed by atoms with Gasteiger partial charge in [-0.2, -0.15) is 0 Å². The fourth-order valence-corrected chi connectivity index (χ4v) is 2.23. The van der Waals surface area contributed by atoms with Crippen LogP contribution in [0.2, 0.25) is 0 Å². The maximum absolute atomic E-state index is 4.41. The van der Waals surface area contributed by atoms with Crippen LogP contribution in [-0.4, -0.2) is 28.5 Å². The molecule has 2 aromatic heterocycles. The first kappa shape index (κ1) is 13.8. The summed E-state index contributed by atoms with van der Waals surface area (Å²) in [7, 11) is 2.03. The molecule has 5 nitrogen and oxygen atoms in total. The Morgan fingerprint density at radius 1 is 1.29 bits per heavy atom. The lowest BCUT2D eigenvalue weighted by atomic mass is 10.2. The second-order valence-electron chi connectivity index (χ2n) is 5.63. The van der Waals surface area contributed by atoms with E-state index in [9.17, 15) is 0 Å². The van der Waals surface area contributed by atoms with E-state index in [0.717, 1.165) is 29.8 Å². The molecule has 21 heavy (non-hydrogen) atoms. The van der Waals surface area contributed by atoms with Gasteiger partial charge in [-0.3, -0.25) is 4.98 Å². The number of pyridine rings is 1. The predicted molar refractivity (Wildman–Crippen MR) is 84.3 cm³/mol. The summed E-state index contributed by atoms with van der Waals surface area (Å²) in [6.07, 6.45) is 6.11. The lowest BCUT2D eigenvalue weighted by molar-refractivity contribution is 0.703. The van der Waals surface area contributed by atoms with Gasteiger partial charge in [-0.25, -0.2) is 9.97 Å². The second kappa shape index (κ2) is 6.08. The standard InChI is InChI=1S/C16H21N5/c1-12(14-5-3-4-8-17-14)21(2)16-9-15(19-11-20-16)18-10-13-6-7-13/h3-5,8-9,11-13H,6-7,10H2,1-2H3,(H,18,19,20). The average Bonchev–Trinajstić information content (AvgIpc) is 3.37. The van der Waals surface area contributed by atoms with Crippen LogP contribution in [0, 0.1) is 5.92 Å². The van der Waals surface area contributed by atoms with E-state index in [0.29, 0.717) is 0 Å². The van der Waals surface area contributed by atoms with Gasteiger partial charge in [0.05, 0.1) is 11.7 Å². The maximum Gasteiger partial charge on any atom is 0.134 e. The van der Waals surface area contributed by atoms with Gasteiger partial charge in [0.25, 0.3) is 0 Å². The third-order valence-corrected chi connectivity index (χ3v) is 3.98. The number of nitrogens with zero attached hydrogens (tertiary/aromatic N) is 4. The highest BCUT2D eigenvalue weighted by Gasteiger charge is 2.21. The molecular weight excluding hydrogens is 262 g/mol. The predicted octanol–water partition coefficient (Wildman–Crippen LogP) is 2.89. The minimum Gasteiger partial charge on any atom is -0.370 e. The first-order chi connectivity index (χ1) is 10.2. The van der Waals surface area contributed by atoms with E-state index in [1.54, 1.807) is 6.33 Å². The zero-order valence-electron chi connectivity index (χ0n) is 12.5. The molecule has 5 heteroatoms. The van der Waals surface area contributed by atoms with Crippen molar-refractivity contribution < 1.29 is 0 Å². The van der Waals surface area contributed by atoms with Crippen LogP contribution in [0.4, 0.5) is 11.6 Å². The van der Waals surface area contributed by atoms with Crippen LogP contribution in [-0.2, 0) is 0 Å². The van der Waals surface area contributed by atoms with E-state index in [-0.39, 0.29) is 6.04 Å². The molecule has 0 amide bonds. The molecule has 1 aliphatic rings. The van der Waals surface area contributed by atoms with Gasteiger partial charge in [0.15, 0.2) is 0 Å². The van der Waals surface area contributed by atoms with Gasteiger partial charge in [0.1, 0.15) is 18.0 Å². The van der Waals surface area contributed by atoms with Crippen LogP contribution in [0.15, 0.2) is 36.8 Å². The Morgan fingerprint density at radius 2 is 2.14 bits per heavy atom. The average molecular weight is 283 g/mol. The summed E-state index contributed by atoms with van der Waals surface area (Å²) in [5.74, 6) is 2.63. The molecular formula is C16H21N5. The van der Waals surface area contributed by atoms with Crippen LogP contribution >= 0.6 is 0 Å². The second-order valence-corrected chi connectivity index (χ2v) is 5.63. The van der Waals surface area contributed by atoms with Crippen molar-refractivity contribution in [2.75, 3.05) is 23.8 Å². The van der Waals surface area contributed by atoms with Gasteiger partial charge >= 0.3 is 0 Å². The molecule has 1 fully saturated rings. The molecule has 2 heterocycles. The number of anilines is 2. The first-order valence-corrected chi connectivity index (χ1v) is 7.43. The Bertz CT molecular complexity index is 582. The normalized spacial score (nSPS) is 15.5. The molecule has 110 valence electrons. The molecule has 1 atom stereocenters. The van der Waals surface area contributed by atoms with Crippen molar-refractivity contribution in [1.29, 1.82) is 0 Å². The van der Waals surface area contributed by atoms with Crippen LogP contribution in [0.1, 0.15) is 31.5 Å². The molecule has 1 unspecified atom stereocenters. The SMILES string of the molecule is CC(c1ccccn1)N(C)c1cc(NCC2CC2)ncn1. The first-order valence-electron chi connectivity index (χ1n) is 7.43. The quantitative estimate of drug-likeness (QED) is 0.883. The maximum atomic E-state index is 4.41. The van der Waals surface area contributed by atoms with E-state index in [1.807, 2.05) is 37.5 Å². The fourth-order valence-electron chi connectivity index (χ4n) is 2.23. The molecule has 0 aliphatic heterocycles. The Labute approximate surface area is 125 Å². The molecule has 0 radical (unpaired) electrons. The highest BCUT2D eigenvalue weighted by atomic mass is 15.2. The van der Waals surface area contributed by atoms with E-state index < -0.39 is 0 Å². The topological polar surface area (TPSA) is 53.9 Å². The van der Waals surface area contributed by atoms with Crippen molar-refractivity contribution >= 4 is 11.6 Å². The summed E-state index contributed by atoms with van der Waals surface area (Å²) in [5.41, 5.74) is 1.03. The number of aromatic nitrogens is 3. The fraction of sp³-hybridized carbons (Fsp3) is 0.438. The minimum absolute atomic E-state index is 0.164. The summed E-state index contributed by atoms with van der Waals surface area (Å²) in [4.78, 5) is 15.2. The van der Waals surface area contributed by atoms with Crippen molar-refractivity contribution in [3.8, 4) is 0 Å². The molecule has 0 saturated heterocycles. The van der Waals surface area contributed by atoms with E-state index in [1.165, 1.54) is 12.8 Å². The van der Waals surface area contributed by atoms with Crippen LogP contribution < -0.4 is 10.2 Å². The highest BCUT2D eigenvalue weighted by Crippen LogP contribution is 2.29.